The molecule has 2 fully saturated rings. The first kappa shape index (κ1) is 20.2. The van der Waals surface area contributed by atoms with E-state index < -0.39 is 0 Å². The van der Waals surface area contributed by atoms with Gasteiger partial charge in [-0.15, -0.1) is 11.3 Å². The van der Waals surface area contributed by atoms with Crippen molar-refractivity contribution in [3.8, 4) is 0 Å². The van der Waals surface area contributed by atoms with E-state index in [9.17, 15) is 14.4 Å². The Hall–Kier alpha value is -2.68. The number of fused-ring (bicyclic) bond motifs is 1. The summed E-state index contributed by atoms with van der Waals surface area (Å²) in [5.41, 5.74) is 2.33. The van der Waals surface area contributed by atoms with Gasteiger partial charge in [-0.05, 0) is 37.1 Å². The second-order valence-electron chi connectivity index (χ2n) is 8.70. The minimum atomic E-state index is -0.0941. The molecule has 1 N–H and O–H groups in total. The molecule has 0 atom stereocenters. The van der Waals surface area contributed by atoms with Gasteiger partial charge in [0.2, 0.25) is 5.91 Å². The van der Waals surface area contributed by atoms with E-state index in [4.69, 9.17) is 0 Å². The number of amides is 3. The summed E-state index contributed by atoms with van der Waals surface area (Å²) in [4.78, 5) is 42.8. The average molecular weight is 442 g/mol. The van der Waals surface area contributed by atoms with E-state index in [-0.39, 0.29) is 23.6 Å². The highest BCUT2D eigenvalue weighted by Crippen LogP contribution is 2.27. The van der Waals surface area contributed by atoms with E-state index in [2.05, 4.69) is 10.4 Å². The minimum absolute atomic E-state index is 0.00499. The monoisotopic (exact) mass is 441 g/mol. The van der Waals surface area contributed by atoms with Crippen molar-refractivity contribution in [3.63, 3.8) is 0 Å². The lowest BCUT2D eigenvalue weighted by Gasteiger charge is -2.32. The van der Waals surface area contributed by atoms with Crippen molar-refractivity contribution in [3.05, 3.63) is 39.3 Å². The second kappa shape index (κ2) is 8.11. The summed E-state index contributed by atoms with van der Waals surface area (Å²) in [5, 5.41) is 9.51. The van der Waals surface area contributed by atoms with E-state index in [0.717, 1.165) is 24.1 Å². The van der Waals surface area contributed by atoms with Gasteiger partial charge in [0, 0.05) is 56.3 Å². The van der Waals surface area contributed by atoms with Crippen LogP contribution in [-0.2, 0) is 24.8 Å². The maximum atomic E-state index is 13.3. The van der Waals surface area contributed by atoms with Gasteiger partial charge in [-0.1, -0.05) is 6.07 Å². The van der Waals surface area contributed by atoms with Gasteiger partial charge in [0.1, 0.15) is 0 Å². The van der Waals surface area contributed by atoms with E-state index >= 15 is 0 Å². The molecule has 0 radical (unpaired) electrons. The van der Waals surface area contributed by atoms with Gasteiger partial charge in [-0.25, -0.2) is 0 Å². The molecule has 4 heterocycles. The first-order chi connectivity index (χ1) is 15.0. The Morgan fingerprint density at radius 1 is 1.06 bits per heavy atom. The highest BCUT2D eigenvalue weighted by Gasteiger charge is 2.35. The van der Waals surface area contributed by atoms with Gasteiger partial charge in [0.15, 0.2) is 5.69 Å². The molecular weight excluding hydrogens is 414 g/mol. The Bertz CT molecular complexity index is 1000. The average Bonchev–Trinajstić information content (AvgIpc) is 3.31. The van der Waals surface area contributed by atoms with E-state index in [0.29, 0.717) is 62.1 Å². The van der Waals surface area contributed by atoms with Crippen molar-refractivity contribution in [2.45, 2.75) is 44.7 Å². The summed E-state index contributed by atoms with van der Waals surface area (Å²) < 4.78 is 1.78. The van der Waals surface area contributed by atoms with Crippen LogP contribution in [0.25, 0.3) is 0 Å². The van der Waals surface area contributed by atoms with Crippen molar-refractivity contribution in [2.24, 2.45) is 13.0 Å². The minimum Gasteiger partial charge on any atom is -0.353 e. The smallest absolute Gasteiger partial charge is 0.274 e. The summed E-state index contributed by atoms with van der Waals surface area (Å²) in [6.07, 6.45) is 4.22. The van der Waals surface area contributed by atoms with Gasteiger partial charge >= 0.3 is 0 Å². The quantitative estimate of drug-likeness (QED) is 0.784. The largest absolute Gasteiger partial charge is 0.353 e. The fourth-order valence-corrected chi connectivity index (χ4v) is 5.23. The molecule has 2 aliphatic heterocycles. The third-order valence-electron chi connectivity index (χ3n) is 6.54. The number of piperidine rings is 1. The van der Waals surface area contributed by atoms with Gasteiger partial charge in [-0.3, -0.25) is 19.1 Å². The Balaban J connectivity index is 1.27. The summed E-state index contributed by atoms with van der Waals surface area (Å²) in [6.45, 7) is 2.15. The maximum Gasteiger partial charge on any atom is 0.274 e. The molecule has 1 saturated heterocycles. The highest BCUT2D eigenvalue weighted by molar-refractivity contribution is 7.12. The fraction of sp³-hybridized carbons (Fsp3) is 0.545. The van der Waals surface area contributed by atoms with Crippen LogP contribution in [0.15, 0.2) is 17.5 Å². The number of thiophene rings is 1. The lowest BCUT2D eigenvalue weighted by Crippen LogP contribution is -2.44. The third kappa shape index (κ3) is 3.98. The van der Waals surface area contributed by atoms with Crippen molar-refractivity contribution in [1.82, 2.24) is 24.9 Å². The number of hydrogen-bond donors (Lipinski definition) is 1. The van der Waals surface area contributed by atoms with E-state index in [1.54, 1.807) is 9.58 Å². The molecule has 2 aromatic rings. The van der Waals surface area contributed by atoms with Crippen LogP contribution >= 0.6 is 11.3 Å². The highest BCUT2D eigenvalue weighted by atomic mass is 32.1. The van der Waals surface area contributed by atoms with Crippen molar-refractivity contribution in [1.29, 1.82) is 0 Å². The number of hydrogen-bond acceptors (Lipinski definition) is 5. The van der Waals surface area contributed by atoms with Crippen LogP contribution in [0.4, 0.5) is 0 Å². The second-order valence-corrected chi connectivity index (χ2v) is 9.65. The Labute approximate surface area is 185 Å². The molecule has 31 heavy (non-hydrogen) atoms. The Kier molecular flexibility index (Phi) is 5.29. The molecule has 8 nitrogen and oxygen atoms in total. The number of aryl methyl sites for hydroxylation is 1. The van der Waals surface area contributed by atoms with Gasteiger partial charge in [0.25, 0.3) is 11.8 Å². The Morgan fingerprint density at radius 2 is 1.84 bits per heavy atom. The first-order valence-corrected chi connectivity index (χ1v) is 11.9. The number of nitrogens with zero attached hydrogens (tertiary/aromatic N) is 4. The van der Waals surface area contributed by atoms with Crippen molar-refractivity contribution < 1.29 is 14.4 Å². The van der Waals surface area contributed by atoms with Crippen LogP contribution in [0.1, 0.15) is 57.1 Å². The molecule has 3 amide bonds. The SMILES string of the molecule is Cn1nc(C(=O)N2CCC(C(=O)NC3CC3)CC2)c2c1CCN(C(=O)c1cccs1)C2. The van der Waals surface area contributed by atoms with Gasteiger partial charge in [-0.2, -0.15) is 5.10 Å². The molecule has 0 bridgehead atoms. The van der Waals surface area contributed by atoms with E-state index in [1.165, 1.54) is 11.3 Å². The number of carbonyl (C=O) groups excluding carboxylic acids is 3. The fourth-order valence-electron chi connectivity index (χ4n) is 4.53. The van der Waals surface area contributed by atoms with Crippen LogP contribution in [0.3, 0.4) is 0 Å². The maximum absolute atomic E-state index is 13.3. The Morgan fingerprint density at radius 3 is 2.52 bits per heavy atom. The molecule has 5 rings (SSSR count). The van der Waals surface area contributed by atoms with Crippen LogP contribution in [0, 0.1) is 5.92 Å². The molecular formula is C22H27N5O3S. The molecule has 1 aliphatic carbocycles. The van der Waals surface area contributed by atoms with Gasteiger partial charge < -0.3 is 15.1 Å². The predicted molar refractivity (Wildman–Crippen MR) is 116 cm³/mol. The topological polar surface area (TPSA) is 87.5 Å². The normalized spacial score (nSPS) is 19.3. The first-order valence-electron chi connectivity index (χ1n) is 11.0. The van der Waals surface area contributed by atoms with E-state index in [1.807, 2.05) is 29.5 Å². The number of likely N-dealkylation sites (tertiary alicyclic amines) is 1. The van der Waals surface area contributed by atoms with Crippen LogP contribution in [0.2, 0.25) is 0 Å². The van der Waals surface area contributed by atoms with Crippen LogP contribution in [-0.4, -0.2) is 63.0 Å². The lowest BCUT2D eigenvalue weighted by atomic mass is 9.95. The molecule has 164 valence electrons. The molecule has 0 aromatic carbocycles. The summed E-state index contributed by atoms with van der Waals surface area (Å²) in [5.74, 6) is 0.0301. The molecule has 3 aliphatic rings. The zero-order valence-corrected chi connectivity index (χ0v) is 18.5. The number of rotatable bonds is 4. The van der Waals surface area contributed by atoms with Crippen molar-refractivity contribution in [2.75, 3.05) is 19.6 Å². The molecule has 0 spiro atoms. The number of aromatic nitrogens is 2. The standard InChI is InChI=1S/C22H27N5O3S/c1-25-17-8-11-27(21(29)18-3-2-12-31-18)13-16(17)19(24-25)22(30)26-9-6-14(7-10-26)20(28)23-15-4-5-15/h2-3,12,14-15H,4-11,13H2,1H3,(H,23,28). The zero-order chi connectivity index (χ0) is 21.5. The molecule has 0 unspecified atom stereocenters. The summed E-state index contributed by atoms with van der Waals surface area (Å²) in [7, 11) is 1.86. The van der Waals surface area contributed by atoms with Crippen molar-refractivity contribution >= 4 is 29.1 Å². The molecule has 2 aromatic heterocycles. The number of carbonyl (C=O) groups is 3. The molecule has 9 heteroatoms. The van der Waals surface area contributed by atoms with Gasteiger partial charge in [0.05, 0.1) is 11.4 Å². The zero-order valence-electron chi connectivity index (χ0n) is 17.7. The predicted octanol–water partition coefficient (Wildman–Crippen LogP) is 1.81. The number of nitrogens with one attached hydrogen (secondary N) is 1. The summed E-state index contributed by atoms with van der Waals surface area (Å²) in [6, 6.07) is 4.08. The lowest BCUT2D eigenvalue weighted by molar-refractivity contribution is -0.126. The summed E-state index contributed by atoms with van der Waals surface area (Å²) >= 11 is 1.43. The molecule has 1 saturated carbocycles. The van der Waals surface area contributed by atoms with Crippen LogP contribution < -0.4 is 5.32 Å². The third-order valence-corrected chi connectivity index (χ3v) is 7.40. The van der Waals surface area contributed by atoms with Crippen LogP contribution in [0.5, 0.6) is 0 Å².